The van der Waals surface area contributed by atoms with Crippen molar-refractivity contribution < 1.29 is 10.2 Å². The number of nitrogens with zero attached hydrogens (tertiary/aromatic N) is 3. The lowest BCUT2D eigenvalue weighted by Crippen LogP contribution is -2.48. The Morgan fingerprint density at radius 3 is 2.31 bits per heavy atom. The first-order valence-electron chi connectivity index (χ1n) is 12.1. The van der Waals surface area contributed by atoms with Crippen LogP contribution in [0.3, 0.4) is 0 Å². The van der Waals surface area contributed by atoms with Crippen LogP contribution in [0.4, 0.5) is 5.82 Å². The molecule has 1 atom stereocenters. The first-order valence-corrected chi connectivity index (χ1v) is 12.1. The van der Waals surface area contributed by atoms with Crippen LogP contribution in [0, 0.1) is 0 Å². The maximum absolute atomic E-state index is 9.97. The molecule has 4 rings (SSSR count). The highest BCUT2D eigenvalue weighted by molar-refractivity contribution is 5.65. The average molecular weight is 438 g/mol. The number of hydrogen-bond acceptors (Lipinski definition) is 5. The van der Waals surface area contributed by atoms with E-state index in [1.165, 1.54) is 29.5 Å². The van der Waals surface area contributed by atoms with E-state index in [2.05, 4.69) is 73.9 Å². The van der Waals surface area contributed by atoms with E-state index in [0.717, 1.165) is 37.7 Å². The quantitative estimate of drug-likeness (QED) is 0.716. The summed E-state index contributed by atoms with van der Waals surface area (Å²) in [6.07, 6.45) is 2.43. The molecule has 1 aliphatic heterocycles. The second-order valence-electron chi connectivity index (χ2n) is 10.9. The van der Waals surface area contributed by atoms with Gasteiger partial charge in [0.05, 0.1) is 11.8 Å². The Balaban J connectivity index is 1.51. The summed E-state index contributed by atoms with van der Waals surface area (Å²) >= 11 is 0. The summed E-state index contributed by atoms with van der Waals surface area (Å²) in [6, 6.07) is 13.3. The van der Waals surface area contributed by atoms with Crippen molar-refractivity contribution in [3.8, 4) is 11.3 Å². The second-order valence-corrected chi connectivity index (χ2v) is 10.9. The fourth-order valence-corrected chi connectivity index (χ4v) is 5.21. The van der Waals surface area contributed by atoms with Gasteiger partial charge in [0.1, 0.15) is 5.82 Å². The van der Waals surface area contributed by atoms with Crippen molar-refractivity contribution in [1.29, 1.82) is 0 Å². The van der Waals surface area contributed by atoms with Crippen LogP contribution in [0.15, 0.2) is 36.4 Å². The second kappa shape index (κ2) is 9.12. The minimum atomic E-state index is -0.453. The molecule has 2 N–H and O–H groups in total. The first-order chi connectivity index (χ1) is 15.2. The minimum Gasteiger partial charge on any atom is -0.396 e. The molecule has 2 heterocycles. The average Bonchev–Trinajstić information content (AvgIpc) is 2.77. The summed E-state index contributed by atoms with van der Waals surface area (Å²) in [5.41, 5.74) is 5.59. The first kappa shape index (κ1) is 23.2. The zero-order valence-corrected chi connectivity index (χ0v) is 20.1. The predicted molar refractivity (Wildman–Crippen MR) is 131 cm³/mol. The molecule has 5 heteroatoms. The summed E-state index contributed by atoms with van der Waals surface area (Å²) in [5, 5.41) is 19.0. The number of aliphatic hydroxyl groups is 2. The van der Waals surface area contributed by atoms with E-state index in [-0.39, 0.29) is 17.4 Å². The molecule has 0 spiro atoms. The van der Waals surface area contributed by atoms with Crippen molar-refractivity contribution in [3.63, 3.8) is 0 Å². The molecule has 1 saturated heterocycles. The molecular weight excluding hydrogens is 398 g/mol. The van der Waals surface area contributed by atoms with E-state index in [0.29, 0.717) is 13.0 Å². The highest BCUT2D eigenvalue weighted by atomic mass is 16.3. The van der Waals surface area contributed by atoms with Crippen molar-refractivity contribution in [2.45, 2.75) is 63.9 Å². The highest BCUT2D eigenvalue weighted by Crippen LogP contribution is 2.46. The fraction of sp³-hybridized carbons (Fsp3) is 0.593. The summed E-state index contributed by atoms with van der Waals surface area (Å²) in [4.78, 5) is 9.65. The Morgan fingerprint density at radius 2 is 1.62 bits per heavy atom. The SMILES string of the molecule is CC1(C)CCC(C)(C)c2cc(-c3cccc(N4CCN(CC(O)CCO)CC4)n3)ccc21. The zero-order chi connectivity index (χ0) is 22.9. The van der Waals surface area contributed by atoms with Gasteiger partial charge in [-0.3, -0.25) is 4.90 Å². The van der Waals surface area contributed by atoms with E-state index in [1.54, 1.807) is 0 Å². The lowest BCUT2D eigenvalue weighted by Gasteiger charge is -2.42. The third-order valence-electron chi connectivity index (χ3n) is 7.51. The van der Waals surface area contributed by atoms with Crippen LogP contribution < -0.4 is 4.90 Å². The number of benzene rings is 1. The largest absolute Gasteiger partial charge is 0.396 e. The molecule has 1 aromatic carbocycles. The molecule has 2 aliphatic rings. The minimum absolute atomic E-state index is 0.0369. The van der Waals surface area contributed by atoms with Crippen molar-refractivity contribution in [2.75, 3.05) is 44.2 Å². The number of rotatable bonds is 6. The Labute approximate surface area is 193 Å². The molecule has 5 nitrogen and oxygen atoms in total. The van der Waals surface area contributed by atoms with E-state index in [9.17, 15) is 5.11 Å². The van der Waals surface area contributed by atoms with Gasteiger partial charge in [-0.2, -0.15) is 0 Å². The van der Waals surface area contributed by atoms with Gasteiger partial charge in [-0.15, -0.1) is 0 Å². The lowest BCUT2D eigenvalue weighted by atomic mass is 9.63. The topological polar surface area (TPSA) is 59.8 Å². The Hall–Kier alpha value is -1.95. The van der Waals surface area contributed by atoms with Crippen LogP contribution in [-0.2, 0) is 10.8 Å². The molecule has 0 bridgehead atoms. The molecule has 0 amide bonds. The lowest BCUT2D eigenvalue weighted by molar-refractivity contribution is 0.0851. The smallest absolute Gasteiger partial charge is 0.129 e. The summed E-state index contributed by atoms with van der Waals surface area (Å²) in [5.74, 6) is 1.02. The van der Waals surface area contributed by atoms with E-state index < -0.39 is 6.10 Å². The number of aromatic nitrogens is 1. The molecule has 0 radical (unpaired) electrons. The van der Waals surface area contributed by atoms with Crippen LogP contribution in [0.1, 0.15) is 58.1 Å². The molecule has 2 aromatic rings. The van der Waals surface area contributed by atoms with Crippen molar-refractivity contribution in [3.05, 3.63) is 47.5 Å². The molecular formula is C27H39N3O2. The van der Waals surface area contributed by atoms with Gasteiger partial charge in [-0.1, -0.05) is 45.9 Å². The number of anilines is 1. The van der Waals surface area contributed by atoms with Gasteiger partial charge in [0, 0.05) is 44.9 Å². The van der Waals surface area contributed by atoms with Gasteiger partial charge < -0.3 is 15.1 Å². The standard InChI is InChI=1S/C27H39N3O2/c1-26(2)11-12-27(3,4)23-18-20(8-9-22(23)26)24-6-5-7-25(28-24)30-15-13-29(14-16-30)19-21(32)10-17-31/h5-9,18,21,31-32H,10-17,19H2,1-4H3. The number of fused-ring (bicyclic) bond motifs is 1. The van der Waals surface area contributed by atoms with Crippen LogP contribution in [-0.4, -0.2) is 65.5 Å². The Morgan fingerprint density at radius 1 is 0.938 bits per heavy atom. The third-order valence-corrected chi connectivity index (χ3v) is 7.51. The van der Waals surface area contributed by atoms with Crippen molar-refractivity contribution in [1.82, 2.24) is 9.88 Å². The molecule has 174 valence electrons. The molecule has 32 heavy (non-hydrogen) atoms. The molecule has 0 saturated carbocycles. The molecule has 1 aromatic heterocycles. The van der Waals surface area contributed by atoms with Crippen LogP contribution in [0.2, 0.25) is 0 Å². The van der Waals surface area contributed by atoms with Crippen molar-refractivity contribution in [2.24, 2.45) is 0 Å². The van der Waals surface area contributed by atoms with Gasteiger partial charge in [0.25, 0.3) is 0 Å². The normalized spacial score (nSPS) is 21.2. The maximum atomic E-state index is 9.97. The number of piperazine rings is 1. The number of aliphatic hydroxyl groups excluding tert-OH is 2. The van der Waals surface area contributed by atoms with Crippen LogP contribution >= 0.6 is 0 Å². The highest BCUT2D eigenvalue weighted by Gasteiger charge is 2.37. The predicted octanol–water partition coefficient (Wildman–Crippen LogP) is 3.96. The molecule has 1 fully saturated rings. The third kappa shape index (κ3) is 4.85. The van der Waals surface area contributed by atoms with Crippen molar-refractivity contribution >= 4 is 5.82 Å². The summed E-state index contributed by atoms with van der Waals surface area (Å²) < 4.78 is 0. The van der Waals surface area contributed by atoms with Gasteiger partial charge in [0.15, 0.2) is 0 Å². The van der Waals surface area contributed by atoms with E-state index in [1.807, 2.05) is 0 Å². The number of hydrogen-bond donors (Lipinski definition) is 2. The van der Waals surface area contributed by atoms with E-state index >= 15 is 0 Å². The summed E-state index contributed by atoms with van der Waals surface area (Å²) in [6.45, 7) is 13.7. The number of β-amino-alcohol motifs (C(OH)–C–C–N with tert-alkyl or cyclic N) is 1. The van der Waals surface area contributed by atoms with Gasteiger partial charge >= 0.3 is 0 Å². The summed E-state index contributed by atoms with van der Waals surface area (Å²) in [7, 11) is 0. The Bertz CT molecular complexity index is 932. The maximum Gasteiger partial charge on any atom is 0.129 e. The van der Waals surface area contributed by atoms with Crippen LogP contribution in [0.25, 0.3) is 11.3 Å². The Kier molecular flexibility index (Phi) is 6.62. The van der Waals surface area contributed by atoms with Gasteiger partial charge in [0.2, 0.25) is 0 Å². The zero-order valence-electron chi connectivity index (χ0n) is 20.1. The van der Waals surface area contributed by atoms with Crippen LogP contribution in [0.5, 0.6) is 0 Å². The number of pyridine rings is 1. The molecule has 1 unspecified atom stereocenters. The fourth-order valence-electron chi connectivity index (χ4n) is 5.21. The van der Waals surface area contributed by atoms with E-state index in [4.69, 9.17) is 10.1 Å². The monoisotopic (exact) mass is 437 g/mol. The molecule has 1 aliphatic carbocycles. The van der Waals surface area contributed by atoms with Gasteiger partial charge in [-0.25, -0.2) is 4.98 Å². The van der Waals surface area contributed by atoms with Gasteiger partial charge in [-0.05, 0) is 59.4 Å².